The topological polar surface area (TPSA) is 64.5 Å². The van der Waals surface area contributed by atoms with Crippen LogP contribution in [-0.4, -0.2) is 22.2 Å². The molecule has 8 heteroatoms. The SMILES string of the molecule is COc1cc(O)c(F)c(COc2cnc(Cl)nc2)c1F. The normalized spacial score (nSPS) is 10.4. The molecule has 0 saturated heterocycles. The van der Waals surface area contributed by atoms with Gasteiger partial charge in [0.1, 0.15) is 6.61 Å². The van der Waals surface area contributed by atoms with Gasteiger partial charge in [-0.15, -0.1) is 0 Å². The number of ether oxygens (including phenoxy) is 2. The Kier molecular flexibility index (Phi) is 4.19. The number of nitrogens with zero attached hydrogens (tertiary/aromatic N) is 2. The highest BCUT2D eigenvalue weighted by Crippen LogP contribution is 2.31. The van der Waals surface area contributed by atoms with E-state index in [1.165, 1.54) is 19.5 Å². The maximum absolute atomic E-state index is 13.9. The number of phenols is 1. The zero-order valence-electron chi connectivity index (χ0n) is 10.2. The number of hydrogen-bond acceptors (Lipinski definition) is 5. The Hall–Kier alpha value is -2.15. The van der Waals surface area contributed by atoms with Crippen LogP contribution >= 0.6 is 11.6 Å². The molecular formula is C12H9ClF2N2O3. The zero-order valence-corrected chi connectivity index (χ0v) is 11.0. The lowest BCUT2D eigenvalue weighted by molar-refractivity contribution is 0.281. The molecule has 0 aliphatic rings. The first kappa shape index (κ1) is 14.3. The molecule has 0 aliphatic heterocycles. The van der Waals surface area contributed by atoms with Crippen LogP contribution < -0.4 is 9.47 Å². The van der Waals surface area contributed by atoms with Crippen molar-refractivity contribution < 1.29 is 23.4 Å². The average molecular weight is 303 g/mol. The molecule has 0 radical (unpaired) electrons. The summed E-state index contributed by atoms with van der Waals surface area (Å²) >= 11 is 5.49. The predicted molar refractivity (Wildman–Crippen MR) is 65.9 cm³/mol. The van der Waals surface area contributed by atoms with Crippen molar-refractivity contribution in [1.29, 1.82) is 0 Å². The monoisotopic (exact) mass is 302 g/mol. The molecule has 0 aliphatic carbocycles. The second-order valence-corrected chi connectivity index (χ2v) is 4.02. The van der Waals surface area contributed by atoms with Crippen molar-refractivity contribution in [2.24, 2.45) is 0 Å². The summed E-state index contributed by atoms with van der Waals surface area (Å²) in [6.07, 6.45) is 2.51. The Morgan fingerprint density at radius 2 is 1.90 bits per heavy atom. The molecule has 0 unspecified atom stereocenters. The van der Waals surface area contributed by atoms with Crippen molar-refractivity contribution in [2.45, 2.75) is 6.61 Å². The van der Waals surface area contributed by atoms with Crippen molar-refractivity contribution in [3.05, 3.63) is 40.9 Å². The summed E-state index contributed by atoms with van der Waals surface area (Å²) in [4.78, 5) is 7.31. The molecule has 0 saturated carbocycles. The van der Waals surface area contributed by atoms with Gasteiger partial charge in [0, 0.05) is 6.07 Å². The van der Waals surface area contributed by atoms with Crippen LogP contribution in [0.5, 0.6) is 17.2 Å². The van der Waals surface area contributed by atoms with Crippen LogP contribution in [0.2, 0.25) is 5.28 Å². The Balaban J connectivity index is 2.24. The predicted octanol–water partition coefficient (Wildman–Crippen LogP) is 2.70. The lowest BCUT2D eigenvalue weighted by atomic mass is 10.2. The molecule has 1 N–H and O–H groups in total. The molecule has 2 rings (SSSR count). The van der Waals surface area contributed by atoms with E-state index in [9.17, 15) is 13.9 Å². The van der Waals surface area contributed by atoms with Gasteiger partial charge in [-0.2, -0.15) is 0 Å². The van der Waals surface area contributed by atoms with E-state index < -0.39 is 29.6 Å². The van der Waals surface area contributed by atoms with Gasteiger partial charge in [0.15, 0.2) is 28.9 Å². The molecule has 106 valence electrons. The second-order valence-electron chi connectivity index (χ2n) is 3.68. The second kappa shape index (κ2) is 5.87. The van der Waals surface area contributed by atoms with Gasteiger partial charge in [0.25, 0.3) is 0 Å². The van der Waals surface area contributed by atoms with Crippen molar-refractivity contribution >= 4 is 11.6 Å². The van der Waals surface area contributed by atoms with Crippen molar-refractivity contribution in [1.82, 2.24) is 9.97 Å². The number of methoxy groups -OCH3 is 1. The van der Waals surface area contributed by atoms with Crippen LogP contribution in [0.4, 0.5) is 8.78 Å². The summed E-state index contributed by atoms with van der Waals surface area (Å²) < 4.78 is 37.4. The van der Waals surface area contributed by atoms with Crippen LogP contribution in [0.1, 0.15) is 5.56 Å². The number of aromatic hydroxyl groups is 1. The van der Waals surface area contributed by atoms with Gasteiger partial charge in [-0.05, 0) is 11.6 Å². The van der Waals surface area contributed by atoms with E-state index in [2.05, 4.69) is 14.7 Å². The largest absolute Gasteiger partial charge is 0.505 e. The van der Waals surface area contributed by atoms with Gasteiger partial charge < -0.3 is 14.6 Å². The Labute approximate surface area is 117 Å². The van der Waals surface area contributed by atoms with E-state index >= 15 is 0 Å². The number of phenolic OH excluding ortho intramolecular Hbond substituents is 1. The fourth-order valence-corrected chi connectivity index (χ4v) is 1.55. The molecule has 2 aromatic rings. The maximum atomic E-state index is 13.9. The van der Waals surface area contributed by atoms with E-state index in [-0.39, 0.29) is 16.8 Å². The standard InChI is InChI=1S/C12H9ClF2N2O3/c1-19-9-2-8(18)10(14)7(11(9)15)5-20-6-3-16-12(13)17-4-6/h2-4,18H,5H2,1H3. The maximum Gasteiger partial charge on any atom is 0.222 e. The molecule has 1 aromatic carbocycles. The third kappa shape index (κ3) is 2.88. The van der Waals surface area contributed by atoms with Crippen LogP contribution in [0, 0.1) is 11.6 Å². The number of hydrogen-bond donors (Lipinski definition) is 1. The molecule has 1 aromatic heterocycles. The summed E-state index contributed by atoms with van der Waals surface area (Å²) in [6.45, 7) is -0.465. The van der Waals surface area contributed by atoms with Gasteiger partial charge >= 0.3 is 0 Å². The average Bonchev–Trinajstić information content (AvgIpc) is 2.44. The van der Waals surface area contributed by atoms with Crippen LogP contribution in [0.15, 0.2) is 18.5 Å². The number of rotatable bonds is 4. The Bertz CT molecular complexity index is 623. The highest BCUT2D eigenvalue weighted by atomic mass is 35.5. The highest BCUT2D eigenvalue weighted by Gasteiger charge is 2.19. The van der Waals surface area contributed by atoms with Crippen LogP contribution in [-0.2, 0) is 6.61 Å². The first-order chi connectivity index (χ1) is 9.52. The summed E-state index contributed by atoms with van der Waals surface area (Å²) in [5.74, 6) is -2.89. The summed E-state index contributed by atoms with van der Waals surface area (Å²) in [6, 6.07) is 0.847. The van der Waals surface area contributed by atoms with E-state index in [1.807, 2.05) is 0 Å². The van der Waals surface area contributed by atoms with Gasteiger partial charge in [-0.1, -0.05) is 0 Å². The minimum atomic E-state index is -1.11. The van der Waals surface area contributed by atoms with Gasteiger partial charge in [-0.25, -0.2) is 18.7 Å². The van der Waals surface area contributed by atoms with E-state index in [0.717, 1.165) is 6.07 Å². The molecule has 0 atom stereocenters. The minimum absolute atomic E-state index is 0.0220. The molecule has 0 amide bonds. The van der Waals surface area contributed by atoms with Gasteiger partial charge in [0.05, 0.1) is 25.1 Å². The quantitative estimate of drug-likeness (QED) is 0.880. The fourth-order valence-electron chi connectivity index (χ4n) is 1.46. The fraction of sp³-hybridized carbons (Fsp3) is 0.167. The smallest absolute Gasteiger partial charge is 0.222 e. The number of halogens is 3. The lowest BCUT2D eigenvalue weighted by Gasteiger charge is -2.11. The lowest BCUT2D eigenvalue weighted by Crippen LogP contribution is -2.04. The van der Waals surface area contributed by atoms with Gasteiger partial charge in [-0.3, -0.25) is 0 Å². The van der Waals surface area contributed by atoms with Crippen molar-refractivity contribution in [3.8, 4) is 17.2 Å². The molecule has 0 bridgehead atoms. The first-order valence-corrected chi connectivity index (χ1v) is 5.75. The van der Waals surface area contributed by atoms with Crippen molar-refractivity contribution in [3.63, 3.8) is 0 Å². The van der Waals surface area contributed by atoms with Gasteiger partial charge in [0.2, 0.25) is 5.28 Å². The Morgan fingerprint density at radius 3 is 2.50 bits per heavy atom. The third-order valence-electron chi connectivity index (χ3n) is 2.44. The molecule has 1 heterocycles. The van der Waals surface area contributed by atoms with E-state index in [0.29, 0.717) is 0 Å². The number of aromatic nitrogens is 2. The molecule has 0 spiro atoms. The molecule has 5 nitrogen and oxygen atoms in total. The Morgan fingerprint density at radius 1 is 1.25 bits per heavy atom. The van der Waals surface area contributed by atoms with E-state index in [4.69, 9.17) is 16.3 Å². The van der Waals surface area contributed by atoms with E-state index in [1.54, 1.807) is 0 Å². The first-order valence-electron chi connectivity index (χ1n) is 5.37. The molecular weight excluding hydrogens is 294 g/mol. The summed E-state index contributed by atoms with van der Waals surface area (Å²) in [5, 5.41) is 9.37. The highest BCUT2D eigenvalue weighted by molar-refractivity contribution is 6.28. The molecule has 20 heavy (non-hydrogen) atoms. The summed E-state index contributed by atoms with van der Waals surface area (Å²) in [7, 11) is 1.20. The van der Waals surface area contributed by atoms with Crippen LogP contribution in [0.25, 0.3) is 0 Å². The van der Waals surface area contributed by atoms with Crippen molar-refractivity contribution in [2.75, 3.05) is 7.11 Å². The zero-order chi connectivity index (χ0) is 14.7. The summed E-state index contributed by atoms with van der Waals surface area (Å²) in [5.41, 5.74) is -0.461. The molecule has 0 fully saturated rings. The van der Waals surface area contributed by atoms with Crippen LogP contribution in [0.3, 0.4) is 0 Å². The third-order valence-corrected chi connectivity index (χ3v) is 2.63. The minimum Gasteiger partial charge on any atom is -0.505 e. The number of benzene rings is 1.